The molecular weight excluding hydrogens is 312 g/mol. The molecular formula is C21H24N2O2. The van der Waals surface area contributed by atoms with Crippen LogP contribution in [-0.4, -0.2) is 34.9 Å². The maximum absolute atomic E-state index is 13.0. The fourth-order valence-electron chi connectivity index (χ4n) is 4.51. The third kappa shape index (κ3) is 3.19. The molecule has 2 aliphatic heterocycles. The number of aromatic nitrogens is 1. The Bertz CT molecular complexity index is 733. The molecule has 2 unspecified atom stereocenters. The van der Waals surface area contributed by atoms with Crippen molar-refractivity contribution in [1.82, 2.24) is 9.88 Å². The van der Waals surface area contributed by atoms with E-state index in [0.717, 1.165) is 19.4 Å². The molecule has 3 heterocycles. The van der Waals surface area contributed by atoms with Crippen LogP contribution in [-0.2, 0) is 6.54 Å². The van der Waals surface area contributed by atoms with Gasteiger partial charge in [-0.2, -0.15) is 0 Å². The van der Waals surface area contributed by atoms with Crippen LogP contribution in [0.15, 0.2) is 48.8 Å². The Hall–Kier alpha value is -2.20. The van der Waals surface area contributed by atoms with E-state index in [2.05, 4.69) is 40.2 Å². The van der Waals surface area contributed by atoms with Crippen LogP contribution in [0.25, 0.3) is 0 Å². The number of Topliss-reactive ketones (excluding diaryl/α,β-unsaturated/α-hetero) is 1. The molecule has 1 aromatic heterocycles. The van der Waals surface area contributed by atoms with Crippen LogP contribution in [0.1, 0.15) is 41.6 Å². The van der Waals surface area contributed by atoms with Crippen LogP contribution in [0.3, 0.4) is 0 Å². The van der Waals surface area contributed by atoms with Crippen LogP contribution in [0, 0.1) is 5.92 Å². The predicted molar refractivity (Wildman–Crippen MR) is 96.6 cm³/mol. The van der Waals surface area contributed by atoms with Crippen molar-refractivity contribution in [3.05, 3.63) is 59.9 Å². The topological polar surface area (TPSA) is 42.4 Å². The molecule has 0 aliphatic carbocycles. The highest BCUT2D eigenvalue weighted by Crippen LogP contribution is 2.41. The fraction of sp³-hybridized carbons (Fsp3) is 0.429. The van der Waals surface area contributed by atoms with Gasteiger partial charge < -0.3 is 4.74 Å². The van der Waals surface area contributed by atoms with Crippen LogP contribution in [0.4, 0.5) is 0 Å². The summed E-state index contributed by atoms with van der Waals surface area (Å²) in [7, 11) is 1.61. The normalized spacial score (nSPS) is 25.7. The molecule has 0 amide bonds. The Kier molecular flexibility index (Phi) is 4.53. The Labute approximate surface area is 148 Å². The minimum absolute atomic E-state index is 0.0858. The number of hydrogen-bond acceptors (Lipinski definition) is 4. The molecule has 4 rings (SSSR count). The van der Waals surface area contributed by atoms with Gasteiger partial charge >= 0.3 is 0 Å². The van der Waals surface area contributed by atoms with Gasteiger partial charge in [-0.1, -0.05) is 30.3 Å². The summed E-state index contributed by atoms with van der Waals surface area (Å²) < 4.78 is 5.36. The monoisotopic (exact) mass is 336 g/mol. The molecule has 2 fully saturated rings. The van der Waals surface area contributed by atoms with Crippen molar-refractivity contribution in [3.8, 4) is 5.75 Å². The van der Waals surface area contributed by atoms with Crippen molar-refractivity contribution < 1.29 is 9.53 Å². The van der Waals surface area contributed by atoms with Gasteiger partial charge in [0.05, 0.1) is 12.7 Å². The number of piperidine rings is 1. The minimum atomic E-state index is 0.0858. The lowest BCUT2D eigenvalue weighted by Gasteiger charge is -2.38. The molecule has 2 saturated heterocycles. The van der Waals surface area contributed by atoms with E-state index < -0.39 is 0 Å². The Morgan fingerprint density at radius 3 is 2.56 bits per heavy atom. The molecule has 2 atom stereocenters. The number of pyridine rings is 1. The second-order valence-electron chi connectivity index (χ2n) is 7.15. The zero-order valence-corrected chi connectivity index (χ0v) is 14.6. The lowest BCUT2D eigenvalue weighted by molar-refractivity contribution is 0.0675. The van der Waals surface area contributed by atoms with E-state index >= 15 is 0 Å². The summed E-state index contributed by atoms with van der Waals surface area (Å²) in [6.07, 6.45) is 7.61. The van der Waals surface area contributed by atoms with E-state index in [4.69, 9.17) is 4.74 Å². The zero-order valence-electron chi connectivity index (χ0n) is 14.6. The summed E-state index contributed by atoms with van der Waals surface area (Å²) in [5, 5.41) is 0. The Morgan fingerprint density at radius 1 is 1.16 bits per heavy atom. The first-order valence-corrected chi connectivity index (χ1v) is 9.08. The molecule has 2 aromatic rings. The van der Waals surface area contributed by atoms with E-state index in [-0.39, 0.29) is 11.7 Å². The maximum Gasteiger partial charge on any atom is 0.171 e. The van der Waals surface area contributed by atoms with Crippen LogP contribution >= 0.6 is 0 Å². The highest BCUT2D eigenvalue weighted by molar-refractivity contribution is 6.00. The average Bonchev–Trinajstić information content (AvgIpc) is 2.89. The summed E-state index contributed by atoms with van der Waals surface area (Å²) in [6.45, 7) is 0.993. The second-order valence-corrected chi connectivity index (χ2v) is 7.15. The lowest BCUT2D eigenvalue weighted by atomic mass is 9.84. The van der Waals surface area contributed by atoms with Crippen molar-refractivity contribution in [2.24, 2.45) is 5.92 Å². The first-order chi connectivity index (χ1) is 12.3. The molecule has 0 spiro atoms. The number of benzene rings is 1. The number of methoxy groups -OCH3 is 1. The third-order valence-electron chi connectivity index (χ3n) is 5.73. The summed E-state index contributed by atoms with van der Waals surface area (Å²) in [4.78, 5) is 19.8. The zero-order chi connectivity index (χ0) is 17.2. The number of hydrogen-bond donors (Lipinski definition) is 0. The van der Waals surface area contributed by atoms with Crippen LogP contribution in [0.5, 0.6) is 5.75 Å². The number of carbonyl (C=O) groups excluding carboxylic acids is 1. The number of ketones is 1. The number of rotatable bonds is 5. The summed E-state index contributed by atoms with van der Waals surface area (Å²) in [5.74, 6) is 0.919. The van der Waals surface area contributed by atoms with E-state index in [1.165, 1.54) is 18.4 Å². The molecule has 130 valence electrons. The number of nitrogens with zero attached hydrogens (tertiary/aromatic N) is 2. The molecule has 0 N–H and O–H groups in total. The summed E-state index contributed by atoms with van der Waals surface area (Å²) >= 11 is 0. The maximum atomic E-state index is 13.0. The molecule has 0 saturated carbocycles. The van der Waals surface area contributed by atoms with E-state index in [1.807, 2.05) is 0 Å². The first kappa shape index (κ1) is 16.3. The number of carbonyl (C=O) groups is 1. The number of fused-ring (bicyclic) bond motifs is 2. The fourth-order valence-corrected chi connectivity index (χ4v) is 4.51. The number of ether oxygens (including phenoxy) is 1. The molecule has 4 nitrogen and oxygen atoms in total. The van der Waals surface area contributed by atoms with Crippen molar-refractivity contribution >= 4 is 5.78 Å². The molecule has 0 radical (unpaired) electrons. The van der Waals surface area contributed by atoms with Gasteiger partial charge in [0.15, 0.2) is 5.78 Å². The van der Waals surface area contributed by atoms with E-state index in [9.17, 15) is 4.79 Å². The van der Waals surface area contributed by atoms with Gasteiger partial charge in [-0.25, -0.2) is 0 Å². The Balaban J connectivity index is 1.49. The van der Waals surface area contributed by atoms with E-state index in [0.29, 0.717) is 23.4 Å². The van der Waals surface area contributed by atoms with Crippen LogP contribution < -0.4 is 4.74 Å². The van der Waals surface area contributed by atoms with Gasteiger partial charge in [0, 0.05) is 36.9 Å². The SMILES string of the molecule is COc1ccncc1C(=O)C1CC2CCC(C1)N2Cc1ccccc1. The average molecular weight is 336 g/mol. The Morgan fingerprint density at radius 2 is 1.88 bits per heavy atom. The molecule has 25 heavy (non-hydrogen) atoms. The van der Waals surface area contributed by atoms with E-state index in [1.54, 1.807) is 25.6 Å². The van der Waals surface area contributed by atoms with Crippen LogP contribution in [0.2, 0.25) is 0 Å². The van der Waals surface area contributed by atoms with Crippen molar-refractivity contribution in [3.63, 3.8) is 0 Å². The van der Waals surface area contributed by atoms with Crippen molar-refractivity contribution in [2.75, 3.05) is 7.11 Å². The van der Waals surface area contributed by atoms with Gasteiger partial charge in [0.2, 0.25) is 0 Å². The van der Waals surface area contributed by atoms with Gasteiger partial charge in [0.1, 0.15) is 5.75 Å². The molecule has 4 heteroatoms. The quantitative estimate of drug-likeness (QED) is 0.781. The van der Waals surface area contributed by atoms with Gasteiger partial charge in [-0.15, -0.1) is 0 Å². The largest absolute Gasteiger partial charge is 0.496 e. The summed E-state index contributed by atoms with van der Waals surface area (Å²) in [6, 6.07) is 13.4. The summed E-state index contributed by atoms with van der Waals surface area (Å²) in [5.41, 5.74) is 1.99. The van der Waals surface area contributed by atoms with Crippen molar-refractivity contribution in [2.45, 2.75) is 44.3 Å². The standard InChI is InChI=1S/C21H24N2O2/c1-25-20-9-10-22-13-19(20)21(24)16-11-17-7-8-18(12-16)23(17)14-15-5-3-2-4-6-15/h2-6,9-10,13,16-18H,7-8,11-12,14H2,1H3. The van der Waals surface area contributed by atoms with Gasteiger partial charge in [-0.05, 0) is 37.3 Å². The highest BCUT2D eigenvalue weighted by atomic mass is 16.5. The molecule has 2 bridgehead atoms. The third-order valence-corrected chi connectivity index (χ3v) is 5.73. The van der Waals surface area contributed by atoms with Gasteiger partial charge in [-0.3, -0.25) is 14.7 Å². The predicted octanol–water partition coefficient (Wildman–Crippen LogP) is 3.72. The second kappa shape index (κ2) is 6.96. The minimum Gasteiger partial charge on any atom is -0.496 e. The smallest absolute Gasteiger partial charge is 0.171 e. The van der Waals surface area contributed by atoms with Crippen molar-refractivity contribution in [1.29, 1.82) is 0 Å². The molecule has 1 aromatic carbocycles. The highest BCUT2D eigenvalue weighted by Gasteiger charge is 2.43. The first-order valence-electron chi connectivity index (χ1n) is 9.08. The van der Waals surface area contributed by atoms with Gasteiger partial charge in [0.25, 0.3) is 0 Å². The molecule has 2 aliphatic rings. The lowest BCUT2D eigenvalue weighted by Crippen LogP contribution is -2.44.